The molecule has 3 aromatic rings. The third-order valence-corrected chi connectivity index (χ3v) is 5.00. The van der Waals surface area contributed by atoms with E-state index in [1.165, 1.54) is 11.6 Å². The van der Waals surface area contributed by atoms with Crippen LogP contribution in [0.1, 0.15) is 42.9 Å². The van der Waals surface area contributed by atoms with Crippen LogP contribution in [0.5, 0.6) is 5.75 Å². The summed E-state index contributed by atoms with van der Waals surface area (Å²) in [5.41, 5.74) is 4.56. The van der Waals surface area contributed by atoms with Gasteiger partial charge in [0.2, 0.25) is 0 Å². The normalized spacial score (nSPS) is 11.0. The number of unbranched alkanes of at least 4 members (excludes halogenated alkanes) is 2. The SMILES string of the molecule is CCCCCc1ccc(-c2ccc(OC(=O)/C=C/c3ccc(C)cc3)cc2)cc1F. The number of hydrogen-bond acceptors (Lipinski definition) is 2. The second-order valence-corrected chi connectivity index (χ2v) is 7.45. The minimum atomic E-state index is -0.439. The molecule has 0 aromatic heterocycles. The van der Waals surface area contributed by atoms with Crippen LogP contribution in [0.25, 0.3) is 17.2 Å². The molecule has 3 heteroatoms. The molecule has 2 nitrogen and oxygen atoms in total. The number of ether oxygens (including phenoxy) is 1. The van der Waals surface area contributed by atoms with Crippen LogP contribution in [-0.2, 0) is 11.2 Å². The van der Waals surface area contributed by atoms with Gasteiger partial charge >= 0.3 is 5.97 Å². The lowest BCUT2D eigenvalue weighted by Crippen LogP contribution is -2.03. The van der Waals surface area contributed by atoms with E-state index in [0.29, 0.717) is 5.75 Å². The van der Waals surface area contributed by atoms with Crippen LogP contribution in [0, 0.1) is 12.7 Å². The fourth-order valence-electron chi connectivity index (χ4n) is 3.20. The van der Waals surface area contributed by atoms with Gasteiger partial charge in [0.15, 0.2) is 0 Å². The zero-order valence-electron chi connectivity index (χ0n) is 17.5. The first kappa shape index (κ1) is 21.5. The van der Waals surface area contributed by atoms with Crippen molar-refractivity contribution in [2.75, 3.05) is 0 Å². The molecule has 0 saturated heterocycles. The van der Waals surface area contributed by atoms with E-state index in [0.717, 1.165) is 47.9 Å². The molecule has 3 rings (SSSR count). The zero-order valence-corrected chi connectivity index (χ0v) is 17.5. The van der Waals surface area contributed by atoms with E-state index in [1.54, 1.807) is 24.3 Å². The third kappa shape index (κ3) is 6.15. The Morgan fingerprint density at radius 3 is 2.30 bits per heavy atom. The summed E-state index contributed by atoms with van der Waals surface area (Å²) < 4.78 is 19.7. The van der Waals surface area contributed by atoms with Crippen LogP contribution < -0.4 is 4.74 Å². The molecule has 0 aliphatic rings. The fraction of sp³-hybridized carbons (Fsp3) is 0.222. The van der Waals surface area contributed by atoms with Crippen LogP contribution in [0.15, 0.2) is 72.8 Å². The number of hydrogen-bond donors (Lipinski definition) is 0. The summed E-state index contributed by atoms with van der Waals surface area (Å²) in [6, 6.07) is 20.4. The first-order chi connectivity index (χ1) is 14.5. The molecule has 0 aliphatic heterocycles. The molecule has 0 spiro atoms. The Labute approximate surface area is 178 Å². The Morgan fingerprint density at radius 1 is 0.933 bits per heavy atom. The number of aryl methyl sites for hydroxylation is 2. The standard InChI is InChI=1S/C27H27FO2/c1-3-4-5-6-23-12-13-24(19-26(23)28)22-14-16-25(17-15-22)30-27(29)18-11-21-9-7-20(2)8-10-21/h7-19H,3-6H2,1-2H3/b18-11+. The summed E-state index contributed by atoms with van der Waals surface area (Å²) in [5, 5.41) is 0. The van der Waals surface area contributed by atoms with Gasteiger partial charge < -0.3 is 4.74 Å². The largest absolute Gasteiger partial charge is 0.423 e. The van der Waals surface area contributed by atoms with Crippen LogP contribution >= 0.6 is 0 Å². The molecule has 3 aromatic carbocycles. The van der Waals surface area contributed by atoms with Crippen molar-refractivity contribution in [3.05, 3.63) is 95.3 Å². The molecule has 0 aliphatic carbocycles. The molecule has 154 valence electrons. The van der Waals surface area contributed by atoms with E-state index in [4.69, 9.17) is 4.74 Å². The van der Waals surface area contributed by atoms with E-state index in [1.807, 2.05) is 55.5 Å². The highest BCUT2D eigenvalue weighted by Crippen LogP contribution is 2.25. The van der Waals surface area contributed by atoms with Gasteiger partial charge in [0.25, 0.3) is 0 Å². The van der Waals surface area contributed by atoms with Gasteiger partial charge in [-0.05, 0) is 66.3 Å². The second-order valence-electron chi connectivity index (χ2n) is 7.45. The average molecular weight is 403 g/mol. The lowest BCUT2D eigenvalue weighted by atomic mass is 10.0. The number of rotatable bonds is 8. The summed E-state index contributed by atoms with van der Waals surface area (Å²) in [5.74, 6) is -0.153. The lowest BCUT2D eigenvalue weighted by Gasteiger charge is -2.08. The Balaban J connectivity index is 1.61. The van der Waals surface area contributed by atoms with E-state index in [-0.39, 0.29) is 5.82 Å². The van der Waals surface area contributed by atoms with Gasteiger partial charge in [-0.1, -0.05) is 73.9 Å². The van der Waals surface area contributed by atoms with Gasteiger partial charge in [-0.3, -0.25) is 0 Å². The highest BCUT2D eigenvalue weighted by atomic mass is 19.1. The van der Waals surface area contributed by atoms with Crippen molar-refractivity contribution in [3.63, 3.8) is 0 Å². The Kier molecular flexibility index (Phi) is 7.56. The molecular formula is C27H27FO2. The highest BCUT2D eigenvalue weighted by Gasteiger charge is 2.07. The maximum atomic E-state index is 14.4. The molecule has 0 N–H and O–H groups in total. The maximum absolute atomic E-state index is 14.4. The molecular weight excluding hydrogens is 375 g/mol. The molecule has 0 fully saturated rings. The molecule has 0 amide bonds. The molecule has 0 unspecified atom stereocenters. The van der Waals surface area contributed by atoms with Gasteiger partial charge in [0, 0.05) is 6.08 Å². The summed E-state index contributed by atoms with van der Waals surface area (Å²) in [6.07, 6.45) is 7.14. The topological polar surface area (TPSA) is 26.3 Å². The highest BCUT2D eigenvalue weighted by molar-refractivity contribution is 5.88. The van der Waals surface area contributed by atoms with E-state index in [9.17, 15) is 9.18 Å². The number of halogens is 1. The van der Waals surface area contributed by atoms with Gasteiger partial charge in [0.05, 0.1) is 0 Å². The monoisotopic (exact) mass is 402 g/mol. The van der Waals surface area contributed by atoms with Crippen LogP contribution in [0.2, 0.25) is 0 Å². The predicted molar refractivity (Wildman–Crippen MR) is 121 cm³/mol. The van der Waals surface area contributed by atoms with Gasteiger partial charge in [-0.2, -0.15) is 0 Å². The summed E-state index contributed by atoms with van der Waals surface area (Å²) in [6.45, 7) is 4.16. The molecule has 30 heavy (non-hydrogen) atoms. The predicted octanol–water partition coefficient (Wildman–Crippen LogP) is 7.15. The lowest BCUT2D eigenvalue weighted by molar-refractivity contribution is -0.128. The summed E-state index contributed by atoms with van der Waals surface area (Å²) in [4.78, 5) is 12.0. The van der Waals surface area contributed by atoms with Crippen LogP contribution in [-0.4, -0.2) is 5.97 Å². The van der Waals surface area contributed by atoms with Crippen molar-refractivity contribution in [2.24, 2.45) is 0 Å². The van der Waals surface area contributed by atoms with Crippen LogP contribution in [0.4, 0.5) is 4.39 Å². The number of carbonyl (C=O) groups excluding carboxylic acids is 1. The summed E-state index contributed by atoms with van der Waals surface area (Å²) in [7, 11) is 0. The van der Waals surface area contributed by atoms with Crippen LogP contribution in [0.3, 0.4) is 0 Å². The molecule has 0 saturated carbocycles. The minimum Gasteiger partial charge on any atom is -0.423 e. The van der Waals surface area contributed by atoms with E-state index in [2.05, 4.69) is 6.92 Å². The van der Waals surface area contributed by atoms with Gasteiger partial charge in [-0.15, -0.1) is 0 Å². The number of carbonyl (C=O) groups is 1. The van der Waals surface area contributed by atoms with Crippen molar-refractivity contribution in [2.45, 2.75) is 39.5 Å². The summed E-state index contributed by atoms with van der Waals surface area (Å²) >= 11 is 0. The number of benzene rings is 3. The van der Waals surface area contributed by atoms with Gasteiger partial charge in [0.1, 0.15) is 11.6 Å². The smallest absolute Gasteiger partial charge is 0.336 e. The molecule has 0 bridgehead atoms. The van der Waals surface area contributed by atoms with Crippen molar-refractivity contribution in [3.8, 4) is 16.9 Å². The molecule has 0 radical (unpaired) electrons. The first-order valence-electron chi connectivity index (χ1n) is 10.4. The second kappa shape index (κ2) is 10.5. The molecule has 0 heterocycles. The van der Waals surface area contributed by atoms with E-state index < -0.39 is 5.97 Å². The average Bonchev–Trinajstić information content (AvgIpc) is 2.75. The van der Waals surface area contributed by atoms with Gasteiger partial charge in [-0.25, -0.2) is 9.18 Å². The number of esters is 1. The maximum Gasteiger partial charge on any atom is 0.336 e. The minimum absolute atomic E-state index is 0.166. The first-order valence-corrected chi connectivity index (χ1v) is 10.4. The third-order valence-electron chi connectivity index (χ3n) is 5.00. The zero-order chi connectivity index (χ0) is 21.3. The van der Waals surface area contributed by atoms with Crippen molar-refractivity contribution >= 4 is 12.0 Å². The van der Waals surface area contributed by atoms with E-state index >= 15 is 0 Å². The quantitative estimate of drug-likeness (QED) is 0.173. The molecule has 0 atom stereocenters. The van der Waals surface area contributed by atoms with Crippen molar-refractivity contribution < 1.29 is 13.9 Å². The van der Waals surface area contributed by atoms with Crippen molar-refractivity contribution in [1.29, 1.82) is 0 Å². The Hall–Kier alpha value is -3.20. The Bertz CT molecular complexity index is 1000. The Morgan fingerprint density at radius 2 is 1.63 bits per heavy atom. The van der Waals surface area contributed by atoms with Crippen molar-refractivity contribution in [1.82, 2.24) is 0 Å². The fourth-order valence-corrected chi connectivity index (χ4v) is 3.20.